The Labute approximate surface area is 136 Å². The van der Waals surface area contributed by atoms with E-state index in [0.717, 1.165) is 11.1 Å². The summed E-state index contributed by atoms with van der Waals surface area (Å²) < 4.78 is 29.9. The quantitative estimate of drug-likeness (QED) is 0.870. The summed E-state index contributed by atoms with van der Waals surface area (Å²) in [5.74, 6) is 0.307. The van der Waals surface area contributed by atoms with Gasteiger partial charge in [-0.05, 0) is 39.7 Å². The predicted octanol–water partition coefficient (Wildman–Crippen LogP) is 2.68. The van der Waals surface area contributed by atoms with Gasteiger partial charge in [-0.2, -0.15) is 4.98 Å². The first kappa shape index (κ1) is 17.6. The molecule has 7 heteroatoms. The first-order chi connectivity index (χ1) is 10.6. The molecule has 0 aliphatic carbocycles. The van der Waals surface area contributed by atoms with Gasteiger partial charge >= 0.3 is 0 Å². The maximum Gasteiger partial charge on any atom is 0.245 e. The fourth-order valence-corrected chi connectivity index (χ4v) is 3.60. The van der Waals surface area contributed by atoms with Crippen LogP contribution in [-0.2, 0) is 9.84 Å². The van der Waals surface area contributed by atoms with Crippen molar-refractivity contribution >= 4 is 9.84 Å². The average Bonchev–Trinajstić information content (AvgIpc) is 2.94. The average molecular weight is 338 g/mol. The topological polar surface area (TPSA) is 93.3 Å². The highest BCUT2D eigenvalue weighted by molar-refractivity contribution is 7.91. The third kappa shape index (κ3) is 4.39. The molecule has 0 aliphatic rings. The molecule has 1 unspecified atom stereocenters. The summed E-state index contributed by atoms with van der Waals surface area (Å²) in [7, 11) is -3.48. The largest absolute Gasteiger partial charge is 0.390 e. The van der Waals surface area contributed by atoms with Crippen LogP contribution in [0.1, 0.15) is 43.9 Å². The molecule has 0 bridgehead atoms. The summed E-state index contributed by atoms with van der Waals surface area (Å²) in [6, 6.07) is 7.55. The van der Waals surface area contributed by atoms with Crippen LogP contribution >= 0.6 is 0 Å². The molecule has 0 saturated carbocycles. The molecule has 0 spiro atoms. The van der Waals surface area contributed by atoms with E-state index in [1.54, 1.807) is 13.8 Å². The number of hydrogen-bond acceptors (Lipinski definition) is 6. The lowest BCUT2D eigenvalue weighted by Gasteiger charge is -2.17. The summed E-state index contributed by atoms with van der Waals surface area (Å²) in [5, 5.41) is 12.7. The van der Waals surface area contributed by atoms with Crippen LogP contribution in [0.2, 0.25) is 0 Å². The number of benzene rings is 1. The normalized spacial score (nSPS) is 14.0. The molecule has 0 fully saturated rings. The van der Waals surface area contributed by atoms with E-state index < -0.39 is 20.7 Å². The molecule has 6 nitrogen and oxygen atoms in total. The molecular weight excluding hydrogens is 316 g/mol. The molecule has 23 heavy (non-hydrogen) atoms. The lowest BCUT2D eigenvalue weighted by atomic mass is 10.1. The number of aromatic nitrogens is 2. The lowest BCUT2D eigenvalue weighted by Crippen LogP contribution is -2.25. The van der Waals surface area contributed by atoms with Crippen LogP contribution < -0.4 is 0 Å². The Kier molecular flexibility index (Phi) is 4.91. The van der Waals surface area contributed by atoms with E-state index in [2.05, 4.69) is 10.1 Å². The zero-order valence-electron chi connectivity index (χ0n) is 13.8. The highest BCUT2D eigenvalue weighted by atomic mass is 32.2. The summed E-state index contributed by atoms with van der Waals surface area (Å²) in [5.41, 5.74) is 0.759. The third-order valence-electron chi connectivity index (χ3n) is 3.71. The fraction of sp³-hybridized carbons (Fsp3) is 0.500. The van der Waals surface area contributed by atoms with Gasteiger partial charge < -0.3 is 9.63 Å². The highest BCUT2D eigenvalue weighted by Gasteiger charge is 2.30. The van der Waals surface area contributed by atoms with E-state index in [4.69, 9.17) is 4.52 Å². The minimum absolute atomic E-state index is 0.0685. The van der Waals surface area contributed by atoms with Crippen LogP contribution in [0, 0.1) is 6.92 Å². The molecule has 1 aromatic heterocycles. The second-order valence-electron chi connectivity index (χ2n) is 6.34. The summed E-state index contributed by atoms with van der Waals surface area (Å²) in [6.45, 7) is 6.61. The Morgan fingerprint density at radius 3 is 2.57 bits per heavy atom. The first-order valence-electron chi connectivity index (χ1n) is 7.44. The minimum atomic E-state index is -3.48. The molecule has 1 N–H and O–H groups in total. The molecule has 0 saturated heterocycles. The summed E-state index contributed by atoms with van der Waals surface area (Å²) in [6.07, 6.45) is 0.151. The third-order valence-corrected chi connectivity index (χ3v) is 5.76. The summed E-state index contributed by atoms with van der Waals surface area (Å²) in [4.78, 5) is 4.23. The monoisotopic (exact) mass is 338 g/mol. The number of sulfone groups is 1. The van der Waals surface area contributed by atoms with Crippen molar-refractivity contribution in [1.82, 2.24) is 10.1 Å². The second kappa shape index (κ2) is 6.41. The maximum absolute atomic E-state index is 12.4. The van der Waals surface area contributed by atoms with Crippen molar-refractivity contribution in [2.24, 2.45) is 0 Å². The Morgan fingerprint density at radius 2 is 1.96 bits per heavy atom. The van der Waals surface area contributed by atoms with Crippen LogP contribution in [-0.4, -0.2) is 35.0 Å². The first-order valence-corrected chi connectivity index (χ1v) is 9.15. The number of rotatable bonds is 6. The number of aliphatic hydroxyl groups is 1. The van der Waals surface area contributed by atoms with E-state index >= 15 is 0 Å². The molecule has 2 rings (SSSR count). The van der Waals surface area contributed by atoms with E-state index in [1.807, 2.05) is 31.2 Å². The summed E-state index contributed by atoms with van der Waals surface area (Å²) >= 11 is 0. The van der Waals surface area contributed by atoms with Gasteiger partial charge in [0, 0.05) is 5.56 Å². The van der Waals surface area contributed by atoms with E-state index in [1.165, 1.54) is 6.92 Å². The van der Waals surface area contributed by atoms with Gasteiger partial charge in [-0.1, -0.05) is 29.4 Å². The fourth-order valence-electron chi connectivity index (χ4n) is 2.06. The van der Waals surface area contributed by atoms with Crippen LogP contribution in [0.5, 0.6) is 0 Å². The van der Waals surface area contributed by atoms with Gasteiger partial charge in [0.1, 0.15) is 5.25 Å². The number of hydrogen-bond donors (Lipinski definition) is 1. The van der Waals surface area contributed by atoms with Crippen LogP contribution in [0.3, 0.4) is 0 Å². The van der Waals surface area contributed by atoms with Gasteiger partial charge in [0.05, 0.1) is 11.4 Å². The SMILES string of the molecule is Cc1ccccc1-c1noc(C(C)S(=O)(=O)CCC(C)(C)O)n1. The number of nitrogens with zero attached hydrogens (tertiary/aromatic N) is 2. The van der Waals surface area contributed by atoms with Crippen molar-refractivity contribution in [3.8, 4) is 11.4 Å². The molecule has 1 atom stereocenters. The Bertz CT molecular complexity index is 775. The standard InChI is InChI=1S/C16H22N2O4S/c1-11-7-5-6-8-13(11)14-17-15(22-18-14)12(2)23(20,21)10-9-16(3,4)19/h5-8,12,19H,9-10H2,1-4H3. The molecule has 2 aromatic rings. The molecular formula is C16H22N2O4S. The molecule has 126 valence electrons. The Morgan fingerprint density at radius 1 is 1.30 bits per heavy atom. The van der Waals surface area contributed by atoms with Crippen LogP contribution in [0.25, 0.3) is 11.4 Å². The zero-order valence-corrected chi connectivity index (χ0v) is 14.6. The van der Waals surface area contributed by atoms with Gasteiger partial charge in [-0.25, -0.2) is 8.42 Å². The predicted molar refractivity (Wildman–Crippen MR) is 87.6 cm³/mol. The second-order valence-corrected chi connectivity index (χ2v) is 8.78. The number of aryl methyl sites for hydroxylation is 1. The van der Waals surface area contributed by atoms with Gasteiger partial charge in [-0.15, -0.1) is 0 Å². The smallest absolute Gasteiger partial charge is 0.245 e. The van der Waals surface area contributed by atoms with Crippen molar-refractivity contribution in [2.45, 2.75) is 45.0 Å². The molecule has 0 aliphatic heterocycles. The highest BCUT2D eigenvalue weighted by Crippen LogP contribution is 2.26. The van der Waals surface area contributed by atoms with Crippen molar-refractivity contribution < 1.29 is 18.0 Å². The van der Waals surface area contributed by atoms with E-state index in [9.17, 15) is 13.5 Å². The van der Waals surface area contributed by atoms with Gasteiger partial charge in [-0.3, -0.25) is 0 Å². The molecule has 0 radical (unpaired) electrons. The van der Waals surface area contributed by atoms with Crippen LogP contribution in [0.4, 0.5) is 0 Å². The minimum Gasteiger partial charge on any atom is -0.390 e. The molecule has 0 amide bonds. The van der Waals surface area contributed by atoms with Gasteiger partial charge in [0.2, 0.25) is 11.7 Å². The van der Waals surface area contributed by atoms with Crippen molar-refractivity contribution in [3.05, 3.63) is 35.7 Å². The van der Waals surface area contributed by atoms with E-state index in [-0.39, 0.29) is 18.1 Å². The van der Waals surface area contributed by atoms with Crippen LogP contribution in [0.15, 0.2) is 28.8 Å². The van der Waals surface area contributed by atoms with Crippen molar-refractivity contribution in [3.63, 3.8) is 0 Å². The molecule has 1 aromatic carbocycles. The van der Waals surface area contributed by atoms with Gasteiger partial charge in [0.25, 0.3) is 0 Å². The van der Waals surface area contributed by atoms with Crippen molar-refractivity contribution in [1.29, 1.82) is 0 Å². The Balaban J connectivity index is 2.21. The molecule has 1 heterocycles. The lowest BCUT2D eigenvalue weighted by molar-refractivity contribution is 0.0771. The van der Waals surface area contributed by atoms with E-state index in [0.29, 0.717) is 5.82 Å². The zero-order chi connectivity index (χ0) is 17.3. The Hall–Kier alpha value is -1.73. The van der Waals surface area contributed by atoms with Crippen molar-refractivity contribution in [2.75, 3.05) is 5.75 Å². The van der Waals surface area contributed by atoms with Gasteiger partial charge in [0.15, 0.2) is 9.84 Å². The maximum atomic E-state index is 12.4.